The molecule has 1 aliphatic rings. The Labute approximate surface area is 111 Å². The van der Waals surface area contributed by atoms with Gasteiger partial charge in [-0.05, 0) is 52.6 Å². The summed E-state index contributed by atoms with van der Waals surface area (Å²) >= 11 is 0. The molecule has 0 radical (unpaired) electrons. The van der Waals surface area contributed by atoms with Crippen molar-refractivity contribution in [3.05, 3.63) is 0 Å². The van der Waals surface area contributed by atoms with Crippen LogP contribution in [0.3, 0.4) is 0 Å². The van der Waals surface area contributed by atoms with Crippen LogP contribution in [0.5, 0.6) is 0 Å². The SMILES string of the molecule is CNC1(C(N)=O)CCCC(N(C)C(C)C(C)C)C1. The predicted molar refractivity (Wildman–Crippen MR) is 75.3 cm³/mol. The molecule has 3 N–H and O–H groups in total. The van der Waals surface area contributed by atoms with Crippen molar-refractivity contribution < 1.29 is 4.79 Å². The number of carbonyl (C=O) groups is 1. The van der Waals surface area contributed by atoms with Crippen LogP contribution in [0.2, 0.25) is 0 Å². The Kier molecular flexibility index (Phi) is 5.17. The van der Waals surface area contributed by atoms with Gasteiger partial charge in [-0.2, -0.15) is 0 Å². The van der Waals surface area contributed by atoms with E-state index in [-0.39, 0.29) is 5.91 Å². The molecule has 1 aliphatic carbocycles. The number of likely N-dealkylation sites (N-methyl/N-ethyl adjacent to an activating group) is 1. The Morgan fingerprint density at radius 2 is 2.06 bits per heavy atom. The molecule has 0 heterocycles. The van der Waals surface area contributed by atoms with Gasteiger partial charge in [0.1, 0.15) is 0 Å². The smallest absolute Gasteiger partial charge is 0.237 e. The van der Waals surface area contributed by atoms with Gasteiger partial charge < -0.3 is 16.0 Å². The summed E-state index contributed by atoms with van der Waals surface area (Å²) in [5.41, 5.74) is 5.08. The Morgan fingerprint density at radius 3 is 2.50 bits per heavy atom. The fourth-order valence-corrected chi connectivity index (χ4v) is 2.97. The molecule has 0 bridgehead atoms. The lowest BCUT2D eigenvalue weighted by Crippen LogP contribution is -2.60. The van der Waals surface area contributed by atoms with E-state index < -0.39 is 5.54 Å². The number of nitrogens with two attached hydrogens (primary N) is 1. The van der Waals surface area contributed by atoms with E-state index in [0.29, 0.717) is 18.0 Å². The molecule has 1 rings (SSSR count). The normalized spacial score (nSPS) is 30.7. The van der Waals surface area contributed by atoms with Crippen molar-refractivity contribution in [2.24, 2.45) is 11.7 Å². The molecule has 1 fully saturated rings. The molecule has 3 unspecified atom stereocenters. The molecule has 4 nitrogen and oxygen atoms in total. The fourth-order valence-electron chi connectivity index (χ4n) is 2.97. The second kappa shape index (κ2) is 6.02. The third kappa shape index (κ3) is 3.04. The van der Waals surface area contributed by atoms with Gasteiger partial charge in [0, 0.05) is 12.1 Å². The first-order valence-electron chi connectivity index (χ1n) is 7.05. The largest absolute Gasteiger partial charge is 0.368 e. The molecule has 3 atom stereocenters. The summed E-state index contributed by atoms with van der Waals surface area (Å²) in [4.78, 5) is 14.1. The third-order valence-electron chi connectivity index (χ3n) is 4.86. The Bertz CT molecular complexity index is 293. The summed E-state index contributed by atoms with van der Waals surface area (Å²) in [6, 6.07) is 0.964. The topological polar surface area (TPSA) is 58.4 Å². The third-order valence-corrected chi connectivity index (χ3v) is 4.86. The van der Waals surface area contributed by atoms with Gasteiger partial charge in [-0.3, -0.25) is 4.79 Å². The predicted octanol–water partition coefficient (Wildman–Crippen LogP) is 1.35. The van der Waals surface area contributed by atoms with E-state index >= 15 is 0 Å². The molecule has 0 aromatic heterocycles. The summed E-state index contributed by atoms with van der Waals surface area (Å²) in [6.07, 6.45) is 3.90. The van der Waals surface area contributed by atoms with Crippen LogP contribution in [0.15, 0.2) is 0 Å². The first-order valence-corrected chi connectivity index (χ1v) is 7.05. The number of rotatable bonds is 5. The second-order valence-electron chi connectivity index (χ2n) is 6.10. The zero-order valence-electron chi connectivity index (χ0n) is 12.5. The van der Waals surface area contributed by atoms with Crippen LogP contribution in [0, 0.1) is 5.92 Å². The van der Waals surface area contributed by atoms with E-state index in [0.717, 1.165) is 25.7 Å². The second-order valence-corrected chi connectivity index (χ2v) is 6.10. The summed E-state index contributed by atoms with van der Waals surface area (Å²) in [5.74, 6) is 0.412. The summed E-state index contributed by atoms with van der Waals surface area (Å²) < 4.78 is 0. The van der Waals surface area contributed by atoms with Gasteiger partial charge in [-0.1, -0.05) is 13.8 Å². The van der Waals surface area contributed by atoms with Gasteiger partial charge in [0.15, 0.2) is 0 Å². The molecule has 106 valence electrons. The van der Waals surface area contributed by atoms with Crippen LogP contribution in [0.1, 0.15) is 46.5 Å². The molecule has 0 aromatic rings. The maximum atomic E-state index is 11.7. The summed E-state index contributed by atoms with van der Waals surface area (Å²) in [6.45, 7) is 6.73. The highest BCUT2D eigenvalue weighted by molar-refractivity contribution is 5.84. The molecule has 0 aliphatic heterocycles. The molecule has 18 heavy (non-hydrogen) atoms. The highest BCUT2D eigenvalue weighted by Gasteiger charge is 2.41. The number of hydrogen-bond acceptors (Lipinski definition) is 3. The Morgan fingerprint density at radius 1 is 1.44 bits per heavy atom. The first-order chi connectivity index (χ1) is 8.34. The monoisotopic (exact) mass is 255 g/mol. The van der Waals surface area contributed by atoms with E-state index in [1.807, 2.05) is 7.05 Å². The fraction of sp³-hybridized carbons (Fsp3) is 0.929. The van der Waals surface area contributed by atoms with Gasteiger partial charge in [0.05, 0.1) is 5.54 Å². The number of hydrogen-bond donors (Lipinski definition) is 2. The van der Waals surface area contributed by atoms with E-state index in [4.69, 9.17) is 5.73 Å². The van der Waals surface area contributed by atoms with E-state index in [1.165, 1.54) is 0 Å². The van der Waals surface area contributed by atoms with Crippen LogP contribution < -0.4 is 11.1 Å². The summed E-state index contributed by atoms with van der Waals surface area (Å²) in [5, 5.41) is 3.17. The Balaban J connectivity index is 2.77. The van der Waals surface area contributed by atoms with E-state index in [9.17, 15) is 4.79 Å². The van der Waals surface area contributed by atoms with Crippen molar-refractivity contribution in [1.82, 2.24) is 10.2 Å². The molecule has 0 spiro atoms. The molecule has 0 saturated heterocycles. The maximum Gasteiger partial charge on any atom is 0.237 e. The van der Waals surface area contributed by atoms with Crippen LogP contribution in [-0.2, 0) is 4.79 Å². The standard InChI is InChI=1S/C14H29N3O/c1-10(2)11(3)17(5)12-7-6-8-14(9-12,16-4)13(15)18/h10-12,16H,6-9H2,1-5H3,(H2,15,18). The van der Waals surface area contributed by atoms with Crippen molar-refractivity contribution >= 4 is 5.91 Å². The number of nitrogens with zero attached hydrogens (tertiary/aromatic N) is 1. The van der Waals surface area contributed by atoms with Crippen molar-refractivity contribution in [2.45, 2.75) is 64.1 Å². The molecular weight excluding hydrogens is 226 g/mol. The first kappa shape index (κ1) is 15.4. The minimum atomic E-state index is -0.506. The van der Waals surface area contributed by atoms with E-state index in [2.05, 4.69) is 38.0 Å². The number of carbonyl (C=O) groups excluding carboxylic acids is 1. The van der Waals surface area contributed by atoms with Gasteiger partial charge >= 0.3 is 0 Å². The molecule has 1 amide bonds. The zero-order chi connectivity index (χ0) is 13.9. The zero-order valence-corrected chi connectivity index (χ0v) is 12.5. The highest BCUT2D eigenvalue weighted by atomic mass is 16.1. The van der Waals surface area contributed by atoms with Gasteiger partial charge in [0.25, 0.3) is 0 Å². The minimum absolute atomic E-state index is 0.208. The van der Waals surface area contributed by atoms with Crippen molar-refractivity contribution in [2.75, 3.05) is 14.1 Å². The number of amides is 1. The van der Waals surface area contributed by atoms with Crippen molar-refractivity contribution in [3.63, 3.8) is 0 Å². The van der Waals surface area contributed by atoms with Crippen molar-refractivity contribution in [1.29, 1.82) is 0 Å². The van der Waals surface area contributed by atoms with Gasteiger partial charge in [-0.15, -0.1) is 0 Å². The average Bonchev–Trinajstić information content (AvgIpc) is 2.36. The van der Waals surface area contributed by atoms with Crippen LogP contribution in [0.25, 0.3) is 0 Å². The molecule has 0 aromatic carbocycles. The lowest BCUT2D eigenvalue weighted by atomic mass is 9.77. The highest BCUT2D eigenvalue weighted by Crippen LogP contribution is 2.32. The minimum Gasteiger partial charge on any atom is -0.368 e. The molecule has 4 heteroatoms. The summed E-state index contributed by atoms with van der Waals surface area (Å²) in [7, 11) is 4.01. The Hall–Kier alpha value is -0.610. The van der Waals surface area contributed by atoms with Crippen LogP contribution >= 0.6 is 0 Å². The van der Waals surface area contributed by atoms with Crippen molar-refractivity contribution in [3.8, 4) is 0 Å². The van der Waals surface area contributed by atoms with E-state index in [1.54, 1.807) is 0 Å². The van der Waals surface area contributed by atoms with Crippen LogP contribution in [0.4, 0.5) is 0 Å². The quantitative estimate of drug-likeness (QED) is 0.779. The molecular formula is C14H29N3O. The number of primary amides is 1. The van der Waals surface area contributed by atoms with Gasteiger partial charge in [0.2, 0.25) is 5.91 Å². The maximum absolute atomic E-state index is 11.7. The van der Waals surface area contributed by atoms with Gasteiger partial charge in [-0.25, -0.2) is 0 Å². The van der Waals surface area contributed by atoms with Crippen LogP contribution in [-0.4, -0.2) is 42.5 Å². The lowest BCUT2D eigenvalue weighted by Gasteiger charge is -2.44. The average molecular weight is 255 g/mol. The lowest BCUT2D eigenvalue weighted by molar-refractivity contribution is -0.126. The molecule has 1 saturated carbocycles. The number of nitrogens with one attached hydrogen (secondary N) is 1.